The molecule has 2 rings (SSSR count). The number of aromatic nitrogens is 3. The smallest absolute Gasteiger partial charge is 0.387 e. The molecule has 9 heteroatoms. The summed E-state index contributed by atoms with van der Waals surface area (Å²) in [5, 5.41) is 4.30. The number of halogens is 5. The van der Waals surface area contributed by atoms with E-state index in [1.54, 1.807) is 0 Å². The highest BCUT2D eigenvalue weighted by atomic mass is 35.5. The first kappa shape index (κ1) is 19.5. The lowest BCUT2D eigenvalue weighted by Crippen LogP contribution is -2.25. The predicted octanol–water partition coefficient (Wildman–Crippen LogP) is 5.05. The fourth-order valence-corrected chi connectivity index (χ4v) is 2.60. The molecule has 2 aromatic heterocycles. The SMILES string of the molecule is CCn1ncc(Cl)c1-c1cnc(CC(C)(C)C(F)F)cc1OC(F)F. The van der Waals surface area contributed by atoms with Gasteiger partial charge in [0, 0.05) is 36.3 Å². The van der Waals surface area contributed by atoms with Crippen LogP contribution in [-0.4, -0.2) is 27.8 Å². The first-order valence-corrected chi connectivity index (χ1v) is 7.97. The average Bonchev–Trinajstić information content (AvgIpc) is 2.87. The van der Waals surface area contributed by atoms with Crippen LogP contribution >= 0.6 is 11.6 Å². The van der Waals surface area contributed by atoms with Crippen LogP contribution in [0.25, 0.3) is 11.3 Å². The van der Waals surface area contributed by atoms with E-state index in [1.807, 2.05) is 6.92 Å². The number of hydrogen-bond acceptors (Lipinski definition) is 3. The Bertz CT molecular complexity index is 734. The summed E-state index contributed by atoms with van der Waals surface area (Å²) in [5.74, 6) is -0.179. The van der Waals surface area contributed by atoms with E-state index >= 15 is 0 Å². The van der Waals surface area contributed by atoms with Crippen molar-refractivity contribution in [2.75, 3.05) is 0 Å². The van der Waals surface area contributed by atoms with Gasteiger partial charge >= 0.3 is 6.61 Å². The molecule has 0 atom stereocenters. The first-order chi connectivity index (χ1) is 11.7. The molecule has 0 radical (unpaired) electrons. The summed E-state index contributed by atoms with van der Waals surface area (Å²) >= 11 is 6.10. The number of alkyl halides is 4. The third-order valence-corrected chi connectivity index (χ3v) is 3.99. The Morgan fingerprint density at radius 3 is 2.48 bits per heavy atom. The Kier molecular flexibility index (Phi) is 5.92. The van der Waals surface area contributed by atoms with Crippen LogP contribution in [0, 0.1) is 5.41 Å². The van der Waals surface area contributed by atoms with Crippen LogP contribution in [0.2, 0.25) is 5.02 Å². The van der Waals surface area contributed by atoms with Crippen LogP contribution in [-0.2, 0) is 13.0 Å². The van der Waals surface area contributed by atoms with Gasteiger partial charge in [0.1, 0.15) is 5.75 Å². The average molecular weight is 380 g/mol. The molecule has 2 aromatic rings. The molecule has 25 heavy (non-hydrogen) atoms. The molecule has 0 amide bonds. The minimum absolute atomic E-state index is 0.0919. The quantitative estimate of drug-likeness (QED) is 0.632. The molecule has 138 valence electrons. The zero-order valence-electron chi connectivity index (χ0n) is 13.9. The summed E-state index contributed by atoms with van der Waals surface area (Å²) in [7, 11) is 0. The maximum atomic E-state index is 13.1. The third-order valence-electron chi connectivity index (χ3n) is 3.72. The number of nitrogens with zero attached hydrogens (tertiary/aromatic N) is 3. The van der Waals surface area contributed by atoms with E-state index in [1.165, 1.54) is 37.0 Å². The molecule has 0 spiro atoms. The topological polar surface area (TPSA) is 39.9 Å². The van der Waals surface area contributed by atoms with Gasteiger partial charge < -0.3 is 4.74 Å². The first-order valence-electron chi connectivity index (χ1n) is 7.59. The molecule has 0 unspecified atom stereocenters. The maximum absolute atomic E-state index is 13.1. The molecule has 0 fully saturated rings. The van der Waals surface area contributed by atoms with Gasteiger partial charge in [0.15, 0.2) is 0 Å². The van der Waals surface area contributed by atoms with Crippen molar-refractivity contribution in [2.45, 2.75) is 46.8 Å². The van der Waals surface area contributed by atoms with Crippen molar-refractivity contribution in [3.63, 3.8) is 0 Å². The van der Waals surface area contributed by atoms with Gasteiger partial charge in [-0.2, -0.15) is 13.9 Å². The summed E-state index contributed by atoms with van der Waals surface area (Å²) in [4.78, 5) is 4.13. The standard InChI is InChI=1S/C16H18ClF4N3O/c1-4-24-13(11(17)8-23-24)10-7-22-9(5-12(10)25-15(20)21)6-16(2,3)14(18)19/h5,7-8,14-15H,4,6H2,1-3H3. The summed E-state index contributed by atoms with van der Waals surface area (Å²) in [6.07, 6.45) is 0.0133. The van der Waals surface area contributed by atoms with Gasteiger partial charge in [-0.1, -0.05) is 25.4 Å². The highest BCUT2D eigenvalue weighted by molar-refractivity contribution is 6.33. The van der Waals surface area contributed by atoms with Crippen LogP contribution in [0.15, 0.2) is 18.5 Å². The van der Waals surface area contributed by atoms with Gasteiger partial charge in [0.2, 0.25) is 6.43 Å². The Hall–Kier alpha value is -1.83. The van der Waals surface area contributed by atoms with E-state index in [2.05, 4.69) is 14.8 Å². The molecule has 0 saturated heterocycles. The van der Waals surface area contributed by atoms with E-state index in [-0.39, 0.29) is 28.5 Å². The summed E-state index contributed by atoms with van der Waals surface area (Å²) < 4.78 is 57.8. The molecule has 0 saturated carbocycles. The van der Waals surface area contributed by atoms with E-state index in [9.17, 15) is 17.6 Å². The van der Waals surface area contributed by atoms with Crippen LogP contribution in [0.1, 0.15) is 26.5 Å². The van der Waals surface area contributed by atoms with E-state index in [4.69, 9.17) is 11.6 Å². The maximum Gasteiger partial charge on any atom is 0.387 e. The monoisotopic (exact) mass is 379 g/mol. The Morgan fingerprint density at radius 1 is 1.24 bits per heavy atom. The second-order valence-corrected chi connectivity index (χ2v) is 6.58. The Balaban J connectivity index is 2.49. The summed E-state index contributed by atoms with van der Waals surface area (Å²) in [6, 6.07) is 1.24. The minimum Gasteiger partial charge on any atom is -0.434 e. The molecule has 0 bridgehead atoms. The molecule has 4 nitrogen and oxygen atoms in total. The van der Waals surface area contributed by atoms with Gasteiger partial charge in [0.05, 0.1) is 22.5 Å². The Morgan fingerprint density at radius 2 is 1.92 bits per heavy atom. The van der Waals surface area contributed by atoms with Crippen LogP contribution in [0.5, 0.6) is 5.75 Å². The van der Waals surface area contributed by atoms with E-state index in [0.717, 1.165) is 0 Å². The second kappa shape index (κ2) is 7.59. The number of pyridine rings is 1. The van der Waals surface area contributed by atoms with Crippen LogP contribution < -0.4 is 4.74 Å². The van der Waals surface area contributed by atoms with Gasteiger partial charge in [-0.25, -0.2) is 8.78 Å². The van der Waals surface area contributed by atoms with Crippen molar-refractivity contribution in [1.82, 2.24) is 14.8 Å². The number of aryl methyl sites for hydroxylation is 1. The Labute approximate surface area is 147 Å². The van der Waals surface area contributed by atoms with E-state index in [0.29, 0.717) is 12.2 Å². The zero-order chi connectivity index (χ0) is 18.8. The fourth-order valence-electron chi connectivity index (χ4n) is 2.36. The van der Waals surface area contributed by atoms with Gasteiger partial charge in [-0.15, -0.1) is 0 Å². The number of hydrogen-bond donors (Lipinski definition) is 0. The third kappa shape index (κ3) is 4.42. The highest BCUT2D eigenvalue weighted by Crippen LogP contribution is 2.37. The minimum atomic E-state index is -3.08. The molecule has 0 N–H and O–H groups in total. The van der Waals surface area contributed by atoms with Crippen molar-refractivity contribution in [3.05, 3.63) is 29.2 Å². The van der Waals surface area contributed by atoms with Crippen molar-refractivity contribution >= 4 is 11.6 Å². The largest absolute Gasteiger partial charge is 0.434 e. The zero-order valence-corrected chi connectivity index (χ0v) is 14.7. The second-order valence-electron chi connectivity index (χ2n) is 6.17. The van der Waals surface area contributed by atoms with Crippen molar-refractivity contribution in [3.8, 4) is 17.0 Å². The number of rotatable bonds is 7. The molecule has 0 aliphatic carbocycles. The van der Waals surface area contributed by atoms with Crippen molar-refractivity contribution in [2.24, 2.45) is 5.41 Å². The fraction of sp³-hybridized carbons (Fsp3) is 0.500. The molecule has 0 aliphatic heterocycles. The van der Waals surface area contributed by atoms with E-state index < -0.39 is 18.5 Å². The lowest BCUT2D eigenvalue weighted by atomic mass is 9.88. The predicted molar refractivity (Wildman–Crippen MR) is 86.3 cm³/mol. The number of ether oxygens (including phenoxy) is 1. The highest BCUT2D eigenvalue weighted by Gasteiger charge is 2.31. The molecular formula is C16H18ClF4N3O. The van der Waals surface area contributed by atoms with Gasteiger partial charge in [0.25, 0.3) is 0 Å². The van der Waals surface area contributed by atoms with Crippen LogP contribution in [0.4, 0.5) is 17.6 Å². The lowest BCUT2D eigenvalue weighted by molar-refractivity contribution is -0.0496. The van der Waals surface area contributed by atoms with Crippen LogP contribution in [0.3, 0.4) is 0 Å². The molecule has 0 aliphatic rings. The van der Waals surface area contributed by atoms with Gasteiger partial charge in [-0.05, 0) is 6.92 Å². The summed E-state index contributed by atoms with van der Waals surface area (Å²) in [5.41, 5.74) is -0.516. The lowest BCUT2D eigenvalue weighted by Gasteiger charge is -2.23. The van der Waals surface area contributed by atoms with Gasteiger partial charge in [-0.3, -0.25) is 9.67 Å². The van der Waals surface area contributed by atoms with Crippen molar-refractivity contribution < 1.29 is 22.3 Å². The molecule has 0 aromatic carbocycles. The normalized spacial score (nSPS) is 12.2. The molecular weight excluding hydrogens is 362 g/mol. The molecule has 2 heterocycles. The summed E-state index contributed by atoms with van der Waals surface area (Å²) in [6.45, 7) is 1.95. The van der Waals surface area contributed by atoms with Crippen molar-refractivity contribution in [1.29, 1.82) is 0 Å².